The van der Waals surface area contributed by atoms with Crippen LogP contribution in [0.25, 0.3) is 21.1 Å². The Bertz CT molecular complexity index is 2040. The minimum atomic E-state index is -4.29. The number of halogens is 3. The minimum absolute atomic E-state index is 0.0123. The Labute approximate surface area is 294 Å². The summed E-state index contributed by atoms with van der Waals surface area (Å²) in [5, 5.41) is 18.1. The van der Waals surface area contributed by atoms with Crippen LogP contribution in [0.1, 0.15) is 54.3 Å². The molecule has 3 aromatic heterocycles. The quantitative estimate of drug-likeness (QED) is 0.218. The van der Waals surface area contributed by atoms with Crippen molar-refractivity contribution in [3.8, 4) is 6.07 Å². The third-order valence-electron chi connectivity index (χ3n) is 10.3. The number of nitrogens with one attached hydrogen (secondary N) is 2. The van der Waals surface area contributed by atoms with Crippen molar-refractivity contribution in [2.45, 2.75) is 83.3 Å². The molecule has 3 fully saturated rings. The number of thiophene rings is 1. The topological polar surface area (TPSA) is 122 Å². The molecule has 0 bridgehead atoms. The van der Waals surface area contributed by atoms with Crippen LogP contribution in [0.3, 0.4) is 0 Å². The lowest BCUT2D eigenvalue weighted by Gasteiger charge is -2.37. The van der Waals surface area contributed by atoms with E-state index in [0.29, 0.717) is 47.3 Å². The summed E-state index contributed by atoms with van der Waals surface area (Å²) in [7, 11) is -1.63. The standard InChI is InChI=1S/C34H42F3N9O2S2/c1-21(44-12-13-46(25-5-6-25)50(47,48)20-44)18-45-26(17-38)14-28-22(2)23(4-7-30(28)45)19-43-10-8-24(9-11-43)40-31-29-15-27(16-34(35,36)37)49-32(29)42-33(39-3)41-31/h4,7,14-15,21,24-25H,5-6,8-13,16,18-20H2,1-3H3,(H2,39,40,41,42)/t21-/m0/s1. The summed E-state index contributed by atoms with van der Waals surface area (Å²) in [6.07, 6.45) is -1.68. The molecule has 50 heavy (non-hydrogen) atoms. The van der Waals surface area contributed by atoms with Gasteiger partial charge in [0.15, 0.2) is 0 Å². The Hall–Kier alpha value is -3.49. The van der Waals surface area contributed by atoms with Gasteiger partial charge in [0, 0.05) is 80.2 Å². The van der Waals surface area contributed by atoms with E-state index in [1.807, 2.05) is 22.5 Å². The highest BCUT2D eigenvalue weighted by Gasteiger charge is 2.41. The molecular weight excluding hydrogens is 688 g/mol. The van der Waals surface area contributed by atoms with Gasteiger partial charge in [-0.05, 0) is 68.9 Å². The summed E-state index contributed by atoms with van der Waals surface area (Å²) in [5.74, 6) is 0.933. The average molecular weight is 730 g/mol. The molecule has 5 heterocycles. The predicted octanol–water partition coefficient (Wildman–Crippen LogP) is 5.50. The van der Waals surface area contributed by atoms with Crippen molar-refractivity contribution in [1.82, 2.24) is 28.6 Å². The van der Waals surface area contributed by atoms with Gasteiger partial charge in [-0.25, -0.2) is 13.4 Å². The molecule has 0 amide bonds. The summed E-state index contributed by atoms with van der Waals surface area (Å²) in [6, 6.07) is 10.3. The number of nitrogens with zero attached hydrogens (tertiary/aromatic N) is 7. The molecule has 3 aliphatic rings. The summed E-state index contributed by atoms with van der Waals surface area (Å²) >= 11 is 1.04. The van der Waals surface area contributed by atoms with E-state index in [0.717, 1.165) is 73.1 Å². The van der Waals surface area contributed by atoms with Gasteiger partial charge in [-0.15, -0.1) is 11.3 Å². The van der Waals surface area contributed by atoms with Crippen LogP contribution >= 0.6 is 11.3 Å². The van der Waals surface area contributed by atoms with Gasteiger partial charge in [0.1, 0.15) is 28.3 Å². The number of likely N-dealkylation sites (tertiary alicyclic amines) is 1. The van der Waals surface area contributed by atoms with E-state index < -0.39 is 22.6 Å². The maximum Gasteiger partial charge on any atom is 0.393 e. The summed E-state index contributed by atoms with van der Waals surface area (Å²) < 4.78 is 68.9. The Morgan fingerprint density at radius 1 is 1.08 bits per heavy atom. The van der Waals surface area contributed by atoms with Gasteiger partial charge in [0.2, 0.25) is 16.0 Å². The number of hydrogen-bond donors (Lipinski definition) is 2. The van der Waals surface area contributed by atoms with E-state index in [1.54, 1.807) is 17.4 Å². The van der Waals surface area contributed by atoms with Crippen molar-refractivity contribution in [2.75, 3.05) is 49.7 Å². The van der Waals surface area contributed by atoms with E-state index in [1.165, 1.54) is 5.56 Å². The third-order valence-corrected chi connectivity index (χ3v) is 13.1. The smallest absolute Gasteiger partial charge is 0.367 e. The lowest BCUT2D eigenvalue weighted by molar-refractivity contribution is -0.126. The SMILES string of the molecule is CNc1nc(NC2CCN(Cc3ccc4c(cc(C#N)n4C[C@H](C)N4CCN(C5CC5)S(=O)(=O)C4)c3C)CC2)c2cc(CC(F)(F)F)sc2n1. The van der Waals surface area contributed by atoms with E-state index in [9.17, 15) is 26.9 Å². The van der Waals surface area contributed by atoms with E-state index in [4.69, 9.17) is 0 Å². The first-order valence-corrected chi connectivity index (χ1v) is 19.5. The number of piperidine rings is 1. The van der Waals surface area contributed by atoms with E-state index >= 15 is 0 Å². The number of benzene rings is 1. The predicted molar refractivity (Wildman–Crippen MR) is 190 cm³/mol. The average Bonchev–Trinajstić information content (AvgIpc) is 3.72. The fourth-order valence-electron chi connectivity index (χ4n) is 7.34. The highest BCUT2D eigenvalue weighted by molar-refractivity contribution is 7.89. The van der Waals surface area contributed by atoms with Gasteiger partial charge in [-0.1, -0.05) is 6.07 Å². The van der Waals surface area contributed by atoms with Crippen molar-refractivity contribution in [2.24, 2.45) is 0 Å². The van der Waals surface area contributed by atoms with E-state index in [-0.39, 0.29) is 28.9 Å². The monoisotopic (exact) mass is 729 g/mol. The maximum absolute atomic E-state index is 13.1. The zero-order chi connectivity index (χ0) is 35.4. The number of rotatable bonds is 10. The summed E-state index contributed by atoms with van der Waals surface area (Å²) in [5.41, 5.74) is 3.85. The molecule has 1 atom stereocenters. The van der Waals surface area contributed by atoms with Crippen molar-refractivity contribution < 1.29 is 21.6 Å². The number of aromatic nitrogens is 3. The van der Waals surface area contributed by atoms with Gasteiger partial charge < -0.3 is 15.2 Å². The molecule has 7 rings (SSSR count). The number of aryl methyl sites for hydroxylation is 1. The lowest BCUT2D eigenvalue weighted by atomic mass is 10.0. The number of alkyl halides is 3. The first kappa shape index (κ1) is 34.9. The molecule has 268 valence electrons. The molecule has 0 radical (unpaired) electrons. The molecule has 2 saturated heterocycles. The lowest BCUT2D eigenvalue weighted by Crippen LogP contribution is -2.53. The van der Waals surface area contributed by atoms with Crippen LogP contribution in [0.2, 0.25) is 0 Å². The second kappa shape index (κ2) is 13.6. The number of anilines is 2. The second-order valence-corrected chi connectivity index (χ2v) is 16.8. The zero-order valence-electron chi connectivity index (χ0n) is 28.4. The molecule has 11 nitrogen and oxygen atoms in total. The van der Waals surface area contributed by atoms with Crippen LogP contribution < -0.4 is 10.6 Å². The highest BCUT2D eigenvalue weighted by atomic mass is 32.2. The van der Waals surface area contributed by atoms with Gasteiger partial charge >= 0.3 is 6.18 Å². The van der Waals surface area contributed by atoms with Gasteiger partial charge in [-0.2, -0.15) is 27.7 Å². The molecule has 1 aromatic carbocycles. The number of hydrogen-bond acceptors (Lipinski definition) is 10. The molecular formula is C34H42F3N9O2S2. The van der Waals surface area contributed by atoms with Crippen molar-refractivity contribution in [3.63, 3.8) is 0 Å². The molecule has 0 spiro atoms. The van der Waals surface area contributed by atoms with Crippen LogP contribution in [0.5, 0.6) is 0 Å². The Kier molecular flexibility index (Phi) is 9.48. The van der Waals surface area contributed by atoms with Crippen LogP contribution in [-0.4, -0.2) is 100 Å². The first-order chi connectivity index (χ1) is 23.8. The fraction of sp³-hybridized carbons (Fsp3) is 0.559. The van der Waals surface area contributed by atoms with Crippen molar-refractivity contribution in [1.29, 1.82) is 5.26 Å². The van der Waals surface area contributed by atoms with E-state index in [2.05, 4.69) is 50.6 Å². The maximum atomic E-state index is 13.1. The molecule has 0 unspecified atom stereocenters. The minimum Gasteiger partial charge on any atom is -0.367 e. The molecule has 4 aromatic rings. The highest BCUT2D eigenvalue weighted by Crippen LogP contribution is 2.35. The largest absolute Gasteiger partial charge is 0.393 e. The Morgan fingerprint density at radius 3 is 2.50 bits per heavy atom. The molecule has 2 N–H and O–H groups in total. The second-order valence-electron chi connectivity index (χ2n) is 13.8. The summed E-state index contributed by atoms with van der Waals surface area (Å²) in [6.45, 7) is 8.29. The molecule has 1 aliphatic carbocycles. The molecule has 16 heteroatoms. The zero-order valence-corrected chi connectivity index (χ0v) is 30.1. The van der Waals surface area contributed by atoms with Crippen LogP contribution in [0.15, 0.2) is 24.3 Å². The molecule has 2 aliphatic heterocycles. The van der Waals surface area contributed by atoms with Crippen LogP contribution in [-0.2, 0) is 29.5 Å². The third kappa shape index (κ3) is 7.29. The number of nitriles is 1. The van der Waals surface area contributed by atoms with Crippen molar-refractivity contribution >= 4 is 54.2 Å². The summed E-state index contributed by atoms with van der Waals surface area (Å²) in [4.78, 5) is 14.1. The fourth-order valence-corrected chi connectivity index (χ4v) is 10.4. The Morgan fingerprint density at radius 2 is 1.84 bits per heavy atom. The first-order valence-electron chi connectivity index (χ1n) is 17.1. The number of sulfonamides is 1. The van der Waals surface area contributed by atoms with Crippen molar-refractivity contribution in [3.05, 3.63) is 46.0 Å². The van der Waals surface area contributed by atoms with Crippen LogP contribution in [0.4, 0.5) is 24.9 Å². The van der Waals surface area contributed by atoms with Gasteiger partial charge in [0.25, 0.3) is 0 Å². The molecule has 1 saturated carbocycles. The number of fused-ring (bicyclic) bond motifs is 2. The van der Waals surface area contributed by atoms with Gasteiger partial charge in [0.05, 0.1) is 11.8 Å². The van der Waals surface area contributed by atoms with Crippen LogP contribution in [0, 0.1) is 18.3 Å². The Balaban J connectivity index is 1.00. The van der Waals surface area contributed by atoms with Gasteiger partial charge in [-0.3, -0.25) is 9.80 Å². The normalized spacial score (nSPS) is 20.3.